The van der Waals surface area contributed by atoms with E-state index in [0.717, 1.165) is 0 Å². The largest absolute Gasteiger partial charge is 0.479 e. The molecular formula is C22H35NO20. The molecule has 43 heavy (non-hydrogen) atoms. The highest BCUT2D eigenvalue weighted by Gasteiger charge is 2.56. The van der Waals surface area contributed by atoms with Gasteiger partial charge in [0.1, 0.15) is 54.9 Å². The third-order valence-electron chi connectivity index (χ3n) is 6.74. The fourth-order valence-electron chi connectivity index (χ4n) is 4.51. The number of hydrogen-bond donors (Lipinski definition) is 11. The SMILES string of the molecule is NCCOCCO[C@@H]1O[C@@H](C(=O)O)[C@@H](O[C@@H]2O[C@@H](C(=O)O)[C@@H](O[C@@H]3O[C@@H](C(=O)O)[C@@H](O)[C@H](O)[C@H]3O)[C@H](O)[C@H]2O)[C@H](O)[C@H]1O. The molecule has 0 bridgehead atoms. The Bertz CT molecular complexity index is 956. The van der Waals surface area contributed by atoms with Gasteiger partial charge < -0.3 is 90.0 Å². The minimum absolute atomic E-state index is 0.0171. The molecule has 0 aromatic rings. The first kappa shape index (κ1) is 35.3. The van der Waals surface area contributed by atoms with Gasteiger partial charge in [-0.15, -0.1) is 0 Å². The van der Waals surface area contributed by atoms with Gasteiger partial charge in [0.15, 0.2) is 37.2 Å². The fourth-order valence-corrected chi connectivity index (χ4v) is 4.51. The summed E-state index contributed by atoms with van der Waals surface area (Å²) in [5.41, 5.74) is 5.28. The third kappa shape index (κ3) is 7.91. The number of aliphatic carboxylic acids is 3. The molecule has 0 amide bonds. The second-order valence-corrected chi connectivity index (χ2v) is 9.70. The van der Waals surface area contributed by atoms with Crippen molar-refractivity contribution >= 4 is 17.9 Å². The van der Waals surface area contributed by atoms with Gasteiger partial charge in [-0.1, -0.05) is 0 Å². The van der Waals surface area contributed by atoms with Crippen LogP contribution in [0.4, 0.5) is 0 Å². The van der Waals surface area contributed by atoms with Crippen molar-refractivity contribution in [3.8, 4) is 0 Å². The fraction of sp³-hybridized carbons (Fsp3) is 0.864. The maximum Gasteiger partial charge on any atom is 0.335 e. The zero-order valence-corrected chi connectivity index (χ0v) is 22.1. The van der Waals surface area contributed by atoms with Crippen molar-refractivity contribution in [2.75, 3.05) is 26.4 Å². The number of aliphatic hydroxyl groups is 7. The maximum atomic E-state index is 12.0. The van der Waals surface area contributed by atoms with E-state index in [1.807, 2.05) is 0 Å². The van der Waals surface area contributed by atoms with Crippen LogP contribution in [0.1, 0.15) is 0 Å². The molecule has 3 aliphatic heterocycles. The zero-order valence-electron chi connectivity index (χ0n) is 22.1. The van der Waals surface area contributed by atoms with Crippen molar-refractivity contribution in [1.29, 1.82) is 0 Å². The van der Waals surface area contributed by atoms with Gasteiger partial charge >= 0.3 is 17.9 Å². The van der Waals surface area contributed by atoms with E-state index in [9.17, 15) is 65.4 Å². The summed E-state index contributed by atoms with van der Waals surface area (Å²) in [5, 5.41) is 101. The Labute approximate surface area is 241 Å². The molecule has 12 N–H and O–H groups in total. The van der Waals surface area contributed by atoms with Gasteiger partial charge in [-0.25, -0.2) is 14.4 Å². The topological polar surface area (TPSA) is 344 Å². The Kier molecular flexibility index (Phi) is 12.5. The molecule has 15 atom stereocenters. The van der Waals surface area contributed by atoms with Crippen molar-refractivity contribution in [2.45, 2.75) is 92.1 Å². The monoisotopic (exact) mass is 633 g/mol. The van der Waals surface area contributed by atoms with Crippen LogP contribution in [0.2, 0.25) is 0 Å². The number of rotatable bonds is 13. The average Bonchev–Trinajstić information content (AvgIpc) is 2.95. The summed E-state index contributed by atoms with van der Waals surface area (Å²) >= 11 is 0. The lowest BCUT2D eigenvalue weighted by Crippen LogP contribution is -2.67. The summed E-state index contributed by atoms with van der Waals surface area (Å²) in [7, 11) is 0. The van der Waals surface area contributed by atoms with Crippen molar-refractivity contribution in [3.05, 3.63) is 0 Å². The van der Waals surface area contributed by atoms with Crippen LogP contribution in [-0.4, -0.2) is 187 Å². The Morgan fingerprint density at radius 2 is 0.953 bits per heavy atom. The Morgan fingerprint density at radius 1 is 0.535 bits per heavy atom. The van der Waals surface area contributed by atoms with Crippen LogP contribution in [-0.2, 0) is 47.5 Å². The Morgan fingerprint density at radius 3 is 1.42 bits per heavy atom. The minimum Gasteiger partial charge on any atom is -0.479 e. The highest BCUT2D eigenvalue weighted by molar-refractivity contribution is 5.74. The van der Waals surface area contributed by atoms with E-state index < -0.39 is 110 Å². The van der Waals surface area contributed by atoms with Crippen LogP contribution in [0.3, 0.4) is 0 Å². The molecule has 21 nitrogen and oxygen atoms in total. The molecular weight excluding hydrogens is 598 g/mol. The quantitative estimate of drug-likeness (QED) is 0.0839. The normalized spacial score (nSPS) is 43.7. The number of ether oxygens (including phenoxy) is 7. The third-order valence-corrected chi connectivity index (χ3v) is 6.74. The van der Waals surface area contributed by atoms with Gasteiger partial charge in [-0.3, -0.25) is 0 Å². The van der Waals surface area contributed by atoms with Gasteiger partial charge in [-0.05, 0) is 0 Å². The molecule has 3 heterocycles. The van der Waals surface area contributed by atoms with Gasteiger partial charge in [0, 0.05) is 6.54 Å². The first-order valence-electron chi connectivity index (χ1n) is 12.8. The second kappa shape index (κ2) is 15.2. The van der Waals surface area contributed by atoms with Crippen molar-refractivity contribution < 1.29 is 98.6 Å². The molecule has 248 valence electrons. The smallest absolute Gasteiger partial charge is 0.335 e. The average molecular weight is 634 g/mol. The number of nitrogens with two attached hydrogens (primary N) is 1. The van der Waals surface area contributed by atoms with Crippen molar-refractivity contribution in [1.82, 2.24) is 0 Å². The molecule has 0 aliphatic carbocycles. The summed E-state index contributed by atoms with van der Waals surface area (Å²) in [4.78, 5) is 35.2. The molecule has 0 spiro atoms. The highest BCUT2D eigenvalue weighted by atomic mass is 16.8. The molecule has 0 aromatic heterocycles. The van der Waals surface area contributed by atoms with Gasteiger partial charge in [0.2, 0.25) is 0 Å². The second-order valence-electron chi connectivity index (χ2n) is 9.70. The molecule has 3 rings (SSSR count). The van der Waals surface area contributed by atoms with Crippen LogP contribution >= 0.6 is 0 Å². The molecule has 3 fully saturated rings. The summed E-state index contributed by atoms with van der Waals surface area (Å²) in [6, 6.07) is 0. The van der Waals surface area contributed by atoms with E-state index in [0.29, 0.717) is 0 Å². The molecule has 0 saturated carbocycles. The summed E-state index contributed by atoms with van der Waals surface area (Å²) in [5.74, 6) is -5.39. The molecule has 3 saturated heterocycles. The van der Waals surface area contributed by atoms with Gasteiger partial charge in [0.05, 0.1) is 19.8 Å². The first-order valence-corrected chi connectivity index (χ1v) is 12.8. The molecule has 3 aliphatic rings. The lowest BCUT2D eigenvalue weighted by atomic mass is 9.95. The van der Waals surface area contributed by atoms with Crippen LogP contribution in [0.25, 0.3) is 0 Å². The Hall–Kier alpha value is -2.19. The standard InChI is InChI=1S/C22H35NO20/c23-1-2-37-3-4-38-20-10(29)7(26)12(15(42-20)18(33)34)40-22-11(30)8(27)13(16(43-22)19(35)36)39-21-9(28)5(24)6(25)14(41-21)17(31)32/h5-16,20-22,24-30H,1-4,23H2,(H,31,32)(H,33,34)(H,35,36)/t5-,6-,7+,8+,9+,10+,11+,12-,13-,14+,15+,16+,20+,21+,22+/m0/s1. The Balaban J connectivity index is 1.74. The molecule has 0 unspecified atom stereocenters. The minimum atomic E-state index is -2.29. The number of aliphatic hydroxyl groups excluding tert-OH is 7. The lowest BCUT2D eigenvalue weighted by molar-refractivity contribution is -0.370. The van der Waals surface area contributed by atoms with Crippen LogP contribution in [0.5, 0.6) is 0 Å². The van der Waals surface area contributed by atoms with Crippen LogP contribution in [0.15, 0.2) is 0 Å². The van der Waals surface area contributed by atoms with Crippen LogP contribution < -0.4 is 5.73 Å². The zero-order chi connectivity index (χ0) is 32.2. The van der Waals surface area contributed by atoms with Gasteiger partial charge in [-0.2, -0.15) is 0 Å². The van der Waals surface area contributed by atoms with Gasteiger partial charge in [0.25, 0.3) is 0 Å². The van der Waals surface area contributed by atoms with E-state index in [2.05, 4.69) is 0 Å². The van der Waals surface area contributed by atoms with Crippen LogP contribution in [0, 0.1) is 0 Å². The summed E-state index contributed by atoms with van der Waals surface area (Å²) in [6.07, 6.45) is -31.7. The predicted octanol–water partition coefficient (Wildman–Crippen LogP) is -7.30. The highest BCUT2D eigenvalue weighted by Crippen LogP contribution is 2.33. The lowest BCUT2D eigenvalue weighted by Gasteiger charge is -2.46. The van der Waals surface area contributed by atoms with E-state index in [1.54, 1.807) is 0 Å². The molecule has 0 radical (unpaired) electrons. The van der Waals surface area contributed by atoms with E-state index in [4.69, 9.17) is 38.9 Å². The number of hydrogen-bond acceptors (Lipinski definition) is 18. The maximum absolute atomic E-state index is 12.0. The summed E-state index contributed by atoms with van der Waals surface area (Å²) in [6.45, 7) is 0.189. The molecule has 0 aromatic carbocycles. The van der Waals surface area contributed by atoms with Crippen molar-refractivity contribution in [2.24, 2.45) is 5.73 Å². The molecule has 21 heteroatoms. The number of carboxylic acid groups (broad SMARTS) is 3. The number of carboxylic acids is 3. The van der Waals surface area contributed by atoms with E-state index in [-0.39, 0.29) is 26.4 Å². The van der Waals surface area contributed by atoms with Crippen molar-refractivity contribution in [3.63, 3.8) is 0 Å². The summed E-state index contributed by atoms with van der Waals surface area (Å²) < 4.78 is 36.1. The predicted molar refractivity (Wildman–Crippen MR) is 127 cm³/mol. The van der Waals surface area contributed by atoms with E-state index in [1.165, 1.54) is 0 Å². The first-order chi connectivity index (χ1) is 20.2. The number of carbonyl (C=O) groups is 3. The van der Waals surface area contributed by atoms with E-state index >= 15 is 0 Å².